The maximum Gasteiger partial charge on any atom is 0.0548 e. The van der Waals surface area contributed by atoms with Gasteiger partial charge >= 0.3 is 0 Å². The van der Waals surface area contributed by atoms with Crippen molar-refractivity contribution >= 4 is 87.6 Å². The van der Waals surface area contributed by atoms with Gasteiger partial charge in [0, 0.05) is 66.0 Å². The Hall–Kier alpha value is -8.34. The Labute approximate surface area is 357 Å². The molecule has 1 N–H and O–H groups in total. The van der Waals surface area contributed by atoms with Crippen molar-refractivity contribution in [1.82, 2.24) is 13.7 Å². The van der Waals surface area contributed by atoms with Crippen LogP contribution in [0, 0.1) is 0 Å². The molecule has 0 spiro atoms. The van der Waals surface area contributed by atoms with Crippen molar-refractivity contribution < 1.29 is 0 Å². The van der Waals surface area contributed by atoms with E-state index in [1.807, 2.05) is 0 Å². The third-order valence-corrected chi connectivity index (χ3v) is 12.8. The minimum absolute atomic E-state index is 1.02. The zero-order valence-electron chi connectivity index (χ0n) is 33.7. The average Bonchev–Trinajstić information content (AvgIpc) is 3.96. The molecule has 0 radical (unpaired) electrons. The molecule has 4 heteroatoms. The summed E-state index contributed by atoms with van der Waals surface area (Å²) in [5, 5.41) is 13.7. The smallest absolute Gasteiger partial charge is 0.0548 e. The van der Waals surface area contributed by atoms with Gasteiger partial charge in [-0.15, -0.1) is 0 Å². The van der Waals surface area contributed by atoms with Gasteiger partial charge in [0.15, 0.2) is 0 Å². The molecule has 4 nitrogen and oxygen atoms in total. The lowest BCUT2D eigenvalue weighted by Crippen LogP contribution is -1.98. The number of nitrogens with zero attached hydrogens (tertiary/aromatic N) is 3. The monoisotopic (exact) mass is 790 g/mol. The number of aromatic nitrogens is 3. The van der Waals surface area contributed by atoms with Crippen LogP contribution in [0.5, 0.6) is 0 Å². The number of rotatable bonds is 6. The molecule has 13 rings (SSSR count). The maximum absolute atomic E-state index is 3.86. The molecule has 0 atom stereocenters. The lowest BCUT2D eigenvalue weighted by Gasteiger charge is -2.15. The van der Waals surface area contributed by atoms with E-state index in [0.29, 0.717) is 0 Å². The van der Waals surface area contributed by atoms with Crippen LogP contribution in [-0.2, 0) is 0 Å². The Morgan fingerprint density at radius 2 is 0.806 bits per heavy atom. The number of para-hydroxylation sites is 5. The van der Waals surface area contributed by atoms with Crippen molar-refractivity contribution in [2.75, 3.05) is 5.32 Å². The molecule has 0 aliphatic heterocycles. The van der Waals surface area contributed by atoms with Crippen LogP contribution in [0.4, 0.5) is 11.4 Å². The second-order valence-electron chi connectivity index (χ2n) is 16.2. The molecule has 62 heavy (non-hydrogen) atoms. The molecule has 0 amide bonds. The fourth-order valence-corrected chi connectivity index (χ4v) is 10.1. The first kappa shape index (κ1) is 34.5. The van der Waals surface area contributed by atoms with E-state index >= 15 is 0 Å². The van der Waals surface area contributed by atoms with Crippen LogP contribution in [0.3, 0.4) is 0 Å². The summed E-state index contributed by atoms with van der Waals surface area (Å²) in [6, 6.07) is 81.5. The molecule has 0 aliphatic rings. The highest BCUT2D eigenvalue weighted by atomic mass is 15.0. The fraction of sp³-hybridized carbons (Fsp3) is 0. The number of hydrogen-bond acceptors (Lipinski definition) is 1. The highest BCUT2D eigenvalue weighted by Gasteiger charge is 2.20. The second kappa shape index (κ2) is 13.6. The largest absolute Gasteiger partial charge is 0.355 e. The van der Waals surface area contributed by atoms with Crippen LogP contribution in [0.1, 0.15) is 0 Å². The predicted octanol–water partition coefficient (Wildman–Crippen LogP) is 15.5. The summed E-state index contributed by atoms with van der Waals surface area (Å²) in [4.78, 5) is 0. The third-order valence-electron chi connectivity index (χ3n) is 12.8. The highest BCUT2D eigenvalue weighted by Crippen LogP contribution is 2.42. The van der Waals surface area contributed by atoms with E-state index < -0.39 is 0 Å². The van der Waals surface area contributed by atoms with Gasteiger partial charge in [0.2, 0.25) is 0 Å². The lowest BCUT2D eigenvalue weighted by molar-refractivity contribution is 1.17. The zero-order chi connectivity index (χ0) is 40.7. The second-order valence-corrected chi connectivity index (χ2v) is 16.2. The molecule has 0 unspecified atom stereocenters. The van der Waals surface area contributed by atoms with Gasteiger partial charge in [0.05, 0.1) is 38.8 Å². The number of hydrogen-bond donors (Lipinski definition) is 1. The summed E-state index contributed by atoms with van der Waals surface area (Å²) >= 11 is 0. The molecular formula is C58H38N4. The molecule has 0 saturated heterocycles. The zero-order valence-corrected chi connectivity index (χ0v) is 33.7. The van der Waals surface area contributed by atoms with Gasteiger partial charge in [-0.05, 0) is 95.9 Å². The van der Waals surface area contributed by atoms with Crippen molar-refractivity contribution in [3.05, 3.63) is 224 Å². The van der Waals surface area contributed by atoms with Crippen LogP contribution in [-0.4, -0.2) is 13.7 Å². The summed E-state index contributed by atoms with van der Waals surface area (Å²) in [7, 11) is 0. The lowest BCUT2D eigenvalue weighted by atomic mass is 10.0. The van der Waals surface area contributed by atoms with Gasteiger partial charge in [0.25, 0.3) is 0 Å². The van der Waals surface area contributed by atoms with Crippen molar-refractivity contribution in [3.63, 3.8) is 0 Å². The normalized spacial score (nSPS) is 11.9. The molecule has 3 aromatic heterocycles. The average molecular weight is 791 g/mol. The Morgan fingerprint density at radius 1 is 0.290 bits per heavy atom. The van der Waals surface area contributed by atoms with E-state index in [0.717, 1.165) is 28.3 Å². The van der Waals surface area contributed by atoms with Gasteiger partial charge in [0.1, 0.15) is 0 Å². The van der Waals surface area contributed by atoms with Crippen molar-refractivity contribution in [3.8, 4) is 28.2 Å². The molecule has 0 saturated carbocycles. The first-order valence-electron chi connectivity index (χ1n) is 21.3. The maximum atomic E-state index is 3.86. The summed E-state index contributed by atoms with van der Waals surface area (Å²) in [5.74, 6) is 0. The fourth-order valence-electron chi connectivity index (χ4n) is 10.1. The van der Waals surface area contributed by atoms with E-state index in [1.165, 1.54) is 87.4 Å². The van der Waals surface area contributed by atoms with Crippen LogP contribution in [0.2, 0.25) is 0 Å². The Kier molecular flexibility index (Phi) is 7.57. The van der Waals surface area contributed by atoms with E-state index in [1.54, 1.807) is 0 Å². The number of nitrogens with one attached hydrogen (secondary N) is 1. The molecule has 13 aromatic rings. The first-order valence-corrected chi connectivity index (χ1v) is 21.3. The predicted molar refractivity (Wildman–Crippen MR) is 262 cm³/mol. The van der Waals surface area contributed by atoms with E-state index in [-0.39, 0.29) is 0 Å². The Bertz CT molecular complexity index is 3900. The summed E-state index contributed by atoms with van der Waals surface area (Å²) in [6.07, 6.45) is 0. The Balaban J connectivity index is 0.933. The number of benzene rings is 10. The minimum Gasteiger partial charge on any atom is -0.355 e. The number of anilines is 2. The van der Waals surface area contributed by atoms with Gasteiger partial charge in [-0.2, -0.15) is 0 Å². The SMILES string of the molecule is c1ccc(-n2c3ccccc3c3cc4c(cc32)c2ccccc2n4-c2cccc(Nc3ccccc3-c3ccc4c(c3)c3ccccc3n4-c3cccc4ccccc34)c2)cc1. The summed E-state index contributed by atoms with van der Waals surface area (Å²) < 4.78 is 7.25. The third kappa shape index (κ3) is 5.20. The molecular weight excluding hydrogens is 753 g/mol. The van der Waals surface area contributed by atoms with Crippen molar-refractivity contribution in [2.45, 2.75) is 0 Å². The van der Waals surface area contributed by atoms with Crippen molar-refractivity contribution in [2.24, 2.45) is 0 Å². The van der Waals surface area contributed by atoms with Crippen LogP contribution in [0.15, 0.2) is 224 Å². The van der Waals surface area contributed by atoms with E-state index in [4.69, 9.17) is 0 Å². The molecule has 0 aliphatic carbocycles. The summed E-state index contributed by atoms with van der Waals surface area (Å²) in [5.41, 5.74) is 15.0. The number of fused-ring (bicyclic) bond motifs is 10. The van der Waals surface area contributed by atoms with Gasteiger partial charge in [-0.3, -0.25) is 0 Å². The quantitative estimate of drug-likeness (QED) is 0.178. The van der Waals surface area contributed by atoms with E-state index in [2.05, 4.69) is 243 Å². The standard InChI is InChI=1S/C58H38N4/c1-2-19-41(20-3-1)60-53-28-11-7-25-46(53)49-37-58-50(36-57(49)60)47-26-8-12-29-54(47)61(58)42-21-15-18-40(35-42)59-51-27-10-6-22-43(51)39-32-33-56-48(34-39)45-24-9-13-30-55(45)62(56)52-31-14-17-38-16-4-5-23-44(38)52/h1-37,59H. The topological polar surface area (TPSA) is 26.8 Å². The van der Waals surface area contributed by atoms with Crippen LogP contribution in [0.25, 0.3) is 104 Å². The van der Waals surface area contributed by atoms with Crippen LogP contribution >= 0.6 is 0 Å². The van der Waals surface area contributed by atoms with Crippen LogP contribution < -0.4 is 5.32 Å². The summed E-state index contributed by atoms with van der Waals surface area (Å²) in [6.45, 7) is 0. The molecule has 0 bridgehead atoms. The molecule has 3 heterocycles. The van der Waals surface area contributed by atoms with Gasteiger partial charge in [-0.1, -0.05) is 140 Å². The highest BCUT2D eigenvalue weighted by molar-refractivity contribution is 6.19. The molecule has 0 fully saturated rings. The Morgan fingerprint density at radius 3 is 1.53 bits per heavy atom. The van der Waals surface area contributed by atoms with E-state index in [9.17, 15) is 0 Å². The molecule has 290 valence electrons. The van der Waals surface area contributed by atoms with Gasteiger partial charge < -0.3 is 19.0 Å². The van der Waals surface area contributed by atoms with Gasteiger partial charge in [-0.25, -0.2) is 0 Å². The van der Waals surface area contributed by atoms with Crippen molar-refractivity contribution in [1.29, 1.82) is 0 Å². The first-order chi connectivity index (χ1) is 30.8. The molecule has 10 aromatic carbocycles. The minimum atomic E-state index is 1.02.